The fraction of sp³-hybridized carbons (Fsp3) is 0.625. The second-order valence-corrected chi connectivity index (χ2v) is 5.09. The standard InChI is InChI=1S/C16H24O3/c1-14-10-6-4-2-3-5-7-11-15(17)12-8-9-13-16(18)19-14/h8-9,12-14H,2-7,10-11H2,1H3/b12-8-,13-9-. The van der Waals surface area contributed by atoms with Crippen molar-refractivity contribution in [3.05, 3.63) is 24.3 Å². The minimum Gasteiger partial charge on any atom is -0.460 e. The zero-order chi connectivity index (χ0) is 13.9. The van der Waals surface area contributed by atoms with Gasteiger partial charge < -0.3 is 4.74 Å². The maximum Gasteiger partial charge on any atom is 0.331 e. The number of esters is 1. The zero-order valence-electron chi connectivity index (χ0n) is 11.8. The molecule has 1 unspecified atom stereocenters. The Morgan fingerprint density at radius 3 is 2.37 bits per heavy atom. The molecule has 0 fully saturated rings. The van der Waals surface area contributed by atoms with Crippen molar-refractivity contribution in [1.29, 1.82) is 0 Å². The molecule has 0 saturated carbocycles. The number of allylic oxidation sites excluding steroid dienone is 3. The molecule has 1 aliphatic heterocycles. The van der Waals surface area contributed by atoms with Crippen LogP contribution < -0.4 is 0 Å². The van der Waals surface area contributed by atoms with Gasteiger partial charge in [-0.1, -0.05) is 37.8 Å². The summed E-state index contributed by atoms with van der Waals surface area (Å²) in [5.74, 6) is -0.213. The van der Waals surface area contributed by atoms with E-state index in [4.69, 9.17) is 4.74 Å². The van der Waals surface area contributed by atoms with Gasteiger partial charge >= 0.3 is 5.97 Å². The van der Waals surface area contributed by atoms with E-state index in [9.17, 15) is 9.59 Å². The molecular weight excluding hydrogens is 240 g/mol. The summed E-state index contributed by atoms with van der Waals surface area (Å²) >= 11 is 0. The maximum absolute atomic E-state index is 11.5. The van der Waals surface area contributed by atoms with E-state index in [0.29, 0.717) is 6.42 Å². The lowest BCUT2D eigenvalue weighted by Crippen LogP contribution is -2.12. The summed E-state index contributed by atoms with van der Waals surface area (Å²) in [5, 5.41) is 0. The lowest BCUT2D eigenvalue weighted by atomic mass is 10.1. The van der Waals surface area contributed by atoms with Crippen LogP contribution in [0.3, 0.4) is 0 Å². The van der Waals surface area contributed by atoms with Crippen molar-refractivity contribution in [2.45, 2.75) is 64.4 Å². The van der Waals surface area contributed by atoms with E-state index in [0.717, 1.165) is 25.7 Å². The molecule has 1 aliphatic rings. The molecule has 1 heterocycles. The number of hydrogen-bond donors (Lipinski definition) is 0. The summed E-state index contributed by atoms with van der Waals surface area (Å²) in [6, 6.07) is 0. The van der Waals surface area contributed by atoms with Crippen LogP contribution in [0.5, 0.6) is 0 Å². The molecule has 0 N–H and O–H groups in total. The highest BCUT2D eigenvalue weighted by molar-refractivity contribution is 5.90. The van der Waals surface area contributed by atoms with Crippen molar-refractivity contribution in [3.63, 3.8) is 0 Å². The van der Waals surface area contributed by atoms with E-state index in [-0.39, 0.29) is 17.9 Å². The Hall–Kier alpha value is -1.38. The van der Waals surface area contributed by atoms with Crippen molar-refractivity contribution in [2.24, 2.45) is 0 Å². The highest BCUT2D eigenvalue weighted by atomic mass is 16.5. The first kappa shape index (κ1) is 15.7. The predicted octanol–water partition coefficient (Wildman–Crippen LogP) is 3.73. The lowest BCUT2D eigenvalue weighted by Gasteiger charge is -2.11. The summed E-state index contributed by atoms with van der Waals surface area (Å²) in [5.41, 5.74) is 0. The Balaban J connectivity index is 2.49. The molecule has 3 heteroatoms. The normalized spacial score (nSPS) is 27.5. The highest BCUT2D eigenvalue weighted by Gasteiger charge is 2.06. The van der Waals surface area contributed by atoms with Crippen molar-refractivity contribution in [2.75, 3.05) is 0 Å². The van der Waals surface area contributed by atoms with Gasteiger partial charge in [-0.05, 0) is 32.3 Å². The number of carbonyl (C=O) groups excluding carboxylic acids is 2. The Kier molecular flexibility index (Phi) is 7.87. The molecule has 0 spiro atoms. The Morgan fingerprint density at radius 2 is 1.58 bits per heavy atom. The van der Waals surface area contributed by atoms with Gasteiger partial charge in [0.1, 0.15) is 0 Å². The molecule has 0 saturated heterocycles. The Morgan fingerprint density at radius 1 is 0.947 bits per heavy atom. The average molecular weight is 264 g/mol. The first-order valence-electron chi connectivity index (χ1n) is 7.26. The first-order chi connectivity index (χ1) is 9.18. The molecule has 0 aromatic heterocycles. The van der Waals surface area contributed by atoms with Crippen LogP contribution in [-0.2, 0) is 14.3 Å². The number of cyclic esters (lactones) is 1. The number of ketones is 1. The van der Waals surface area contributed by atoms with E-state index in [2.05, 4.69) is 0 Å². The monoisotopic (exact) mass is 264 g/mol. The van der Waals surface area contributed by atoms with Crippen LogP contribution in [0.25, 0.3) is 0 Å². The summed E-state index contributed by atoms with van der Waals surface area (Å²) in [4.78, 5) is 22.9. The van der Waals surface area contributed by atoms with Crippen molar-refractivity contribution in [3.8, 4) is 0 Å². The van der Waals surface area contributed by atoms with Crippen LogP contribution in [0.15, 0.2) is 24.3 Å². The number of rotatable bonds is 0. The largest absolute Gasteiger partial charge is 0.460 e. The first-order valence-corrected chi connectivity index (χ1v) is 7.26. The molecule has 1 atom stereocenters. The van der Waals surface area contributed by atoms with Crippen LogP contribution in [0, 0.1) is 0 Å². The summed E-state index contributed by atoms with van der Waals surface area (Å²) in [7, 11) is 0. The molecule has 0 amide bonds. The van der Waals surface area contributed by atoms with E-state index >= 15 is 0 Å². The fourth-order valence-electron chi connectivity index (χ4n) is 2.11. The van der Waals surface area contributed by atoms with E-state index < -0.39 is 0 Å². The maximum atomic E-state index is 11.5. The Labute approximate surface area is 115 Å². The van der Waals surface area contributed by atoms with Gasteiger partial charge in [0.25, 0.3) is 0 Å². The molecule has 0 aliphatic carbocycles. The third kappa shape index (κ3) is 8.36. The van der Waals surface area contributed by atoms with Gasteiger partial charge in [0.05, 0.1) is 6.10 Å². The van der Waals surface area contributed by atoms with Gasteiger partial charge in [0.2, 0.25) is 0 Å². The van der Waals surface area contributed by atoms with E-state index in [1.54, 1.807) is 12.2 Å². The van der Waals surface area contributed by atoms with Gasteiger partial charge in [0, 0.05) is 12.5 Å². The van der Waals surface area contributed by atoms with Gasteiger partial charge in [-0.2, -0.15) is 0 Å². The molecule has 0 bridgehead atoms. The number of ether oxygens (including phenoxy) is 1. The second kappa shape index (κ2) is 9.54. The van der Waals surface area contributed by atoms with E-state index in [1.165, 1.54) is 31.4 Å². The predicted molar refractivity (Wildman–Crippen MR) is 75.8 cm³/mol. The molecule has 0 aromatic rings. The van der Waals surface area contributed by atoms with Gasteiger partial charge in [0.15, 0.2) is 5.78 Å². The van der Waals surface area contributed by atoms with Crippen molar-refractivity contribution < 1.29 is 14.3 Å². The second-order valence-electron chi connectivity index (χ2n) is 5.09. The molecule has 0 aromatic carbocycles. The molecule has 1 rings (SSSR count). The van der Waals surface area contributed by atoms with Crippen LogP contribution in [0.4, 0.5) is 0 Å². The van der Waals surface area contributed by atoms with E-state index in [1.807, 2.05) is 6.92 Å². The Bertz CT molecular complexity index is 342. The summed E-state index contributed by atoms with van der Waals surface area (Å²) in [6.07, 6.45) is 14.3. The third-order valence-corrected chi connectivity index (χ3v) is 3.23. The quantitative estimate of drug-likeness (QED) is 0.626. The van der Waals surface area contributed by atoms with Crippen LogP contribution >= 0.6 is 0 Å². The van der Waals surface area contributed by atoms with Crippen LogP contribution in [0.2, 0.25) is 0 Å². The van der Waals surface area contributed by atoms with Crippen molar-refractivity contribution >= 4 is 11.8 Å². The van der Waals surface area contributed by atoms with Gasteiger partial charge in [-0.15, -0.1) is 0 Å². The van der Waals surface area contributed by atoms with Gasteiger partial charge in [-0.25, -0.2) is 4.79 Å². The molecule has 0 radical (unpaired) electrons. The zero-order valence-corrected chi connectivity index (χ0v) is 11.8. The lowest BCUT2D eigenvalue weighted by molar-refractivity contribution is -0.142. The number of hydrogen-bond acceptors (Lipinski definition) is 3. The molecular formula is C16H24O3. The highest BCUT2D eigenvalue weighted by Crippen LogP contribution is 2.12. The smallest absolute Gasteiger partial charge is 0.331 e. The third-order valence-electron chi connectivity index (χ3n) is 3.23. The summed E-state index contributed by atoms with van der Waals surface area (Å²) in [6.45, 7) is 1.92. The van der Waals surface area contributed by atoms with Crippen LogP contribution in [0.1, 0.15) is 58.3 Å². The number of carbonyl (C=O) groups is 2. The minimum absolute atomic E-state index is 0.0318. The minimum atomic E-state index is -0.336. The molecule has 106 valence electrons. The summed E-state index contributed by atoms with van der Waals surface area (Å²) < 4.78 is 5.23. The molecule has 3 nitrogen and oxygen atoms in total. The van der Waals surface area contributed by atoms with Crippen molar-refractivity contribution in [1.82, 2.24) is 0 Å². The average Bonchev–Trinajstić information content (AvgIpc) is 2.36. The SMILES string of the molecule is CC1CCCCCCCCC(=O)/C=C\C=C/C(=O)O1. The fourth-order valence-corrected chi connectivity index (χ4v) is 2.11. The molecule has 19 heavy (non-hydrogen) atoms. The van der Waals surface area contributed by atoms with Crippen LogP contribution in [-0.4, -0.2) is 17.9 Å². The van der Waals surface area contributed by atoms with Gasteiger partial charge in [-0.3, -0.25) is 4.79 Å². The topological polar surface area (TPSA) is 43.4 Å².